The number of carbonyl (C=O) groups excluding carboxylic acids is 1. The summed E-state index contributed by atoms with van der Waals surface area (Å²) in [4.78, 5) is 13.4. The molecule has 0 heterocycles. The van der Waals surface area contributed by atoms with E-state index in [2.05, 4.69) is 5.32 Å². The molecule has 5 heteroatoms. The number of rotatable bonds is 6. The van der Waals surface area contributed by atoms with Gasteiger partial charge in [-0.1, -0.05) is 23.7 Å². The van der Waals surface area contributed by atoms with Crippen molar-refractivity contribution >= 4 is 17.5 Å². The molecule has 0 saturated heterocycles. The summed E-state index contributed by atoms with van der Waals surface area (Å²) in [5.41, 5.74) is 0.656. The highest BCUT2D eigenvalue weighted by molar-refractivity contribution is 6.31. The minimum absolute atomic E-state index is 0.0347. The average molecular weight is 273 g/mol. The number of nitrogens with zero attached hydrogens (tertiary/aromatic N) is 1. The Kier molecular flexibility index (Phi) is 6.09. The van der Waals surface area contributed by atoms with Gasteiger partial charge in [0.25, 0.3) is 0 Å². The van der Waals surface area contributed by atoms with Crippen molar-refractivity contribution in [3.05, 3.63) is 34.6 Å². The fraction of sp³-hybridized carbons (Fsp3) is 0.462. The topological polar surface area (TPSA) is 32.3 Å². The van der Waals surface area contributed by atoms with Gasteiger partial charge in [-0.2, -0.15) is 0 Å². The average Bonchev–Trinajstić information content (AvgIpc) is 2.36. The van der Waals surface area contributed by atoms with Crippen LogP contribution in [0.2, 0.25) is 5.02 Å². The predicted octanol–water partition coefficient (Wildman–Crippen LogP) is 2.44. The van der Waals surface area contributed by atoms with E-state index in [-0.39, 0.29) is 17.5 Å². The second-order valence-corrected chi connectivity index (χ2v) is 4.26. The normalized spacial score (nSPS) is 10.4. The molecule has 0 aliphatic carbocycles. The number of nitrogens with one attached hydrogen (secondary N) is 1. The molecule has 1 N–H and O–H groups in total. The van der Waals surface area contributed by atoms with Crippen molar-refractivity contribution < 1.29 is 9.18 Å². The predicted molar refractivity (Wildman–Crippen MR) is 71.0 cm³/mol. The number of amides is 1. The van der Waals surface area contributed by atoms with E-state index >= 15 is 0 Å². The van der Waals surface area contributed by atoms with Crippen molar-refractivity contribution in [2.75, 3.05) is 19.6 Å². The Balaban J connectivity index is 2.47. The molecule has 0 radical (unpaired) electrons. The second kappa shape index (κ2) is 7.34. The molecule has 0 unspecified atom stereocenters. The third-order valence-corrected chi connectivity index (χ3v) is 3.16. The molecule has 0 spiro atoms. The Morgan fingerprint density at radius 1 is 1.39 bits per heavy atom. The van der Waals surface area contributed by atoms with Crippen molar-refractivity contribution in [1.82, 2.24) is 10.2 Å². The van der Waals surface area contributed by atoms with Crippen LogP contribution in [0.1, 0.15) is 19.4 Å². The van der Waals surface area contributed by atoms with E-state index in [1.165, 1.54) is 6.07 Å². The van der Waals surface area contributed by atoms with Crippen molar-refractivity contribution in [3.63, 3.8) is 0 Å². The molecule has 0 aliphatic rings. The summed E-state index contributed by atoms with van der Waals surface area (Å²) in [6, 6.07) is 4.65. The molecule has 0 saturated carbocycles. The van der Waals surface area contributed by atoms with Gasteiger partial charge >= 0.3 is 0 Å². The Morgan fingerprint density at radius 2 is 2.06 bits per heavy atom. The summed E-state index contributed by atoms with van der Waals surface area (Å²) in [6.07, 6.45) is 0. The monoisotopic (exact) mass is 272 g/mol. The maximum Gasteiger partial charge on any atom is 0.236 e. The largest absolute Gasteiger partial charge is 0.342 e. The van der Waals surface area contributed by atoms with Gasteiger partial charge in [-0.15, -0.1) is 0 Å². The van der Waals surface area contributed by atoms with Gasteiger partial charge < -0.3 is 10.2 Å². The zero-order chi connectivity index (χ0) is 13.5. The van der Waals surface area contributed by atoms with Crippen LogP contribution < -0.4 is 5.32 Å². The van der Waals surface area contributed by atoms with Crippen LogP contribution in [0, 0.1) is 5.82 Å². The van der Waals surface area contributed by atoms with Gasteiger partial charge in [0.05, 0.1) is 11.6 Å². The first-order chi connectivity index (χ1) is 8.60. The van der Waals surface area contributed by atoms with Crippen molar-refractivity contribution in [2.45, 2.75) is 20.4 Å². The van der Waals surface area contributed by atoms with Crippen LogP contribution in [0.15, 0.2) is 18.2 Å². The van der Waals surface area contributed by atoms with Crippen LogP contribution in [-0.2, 0) is 11.3 Å². The minimum Gasteiger partial charge on any atom is -0.342 e. The number of hydrogen-bond acceptors (Lipinski definition) is 2. The molecule has 1 rings (SSSR count). The first-order valence-corrected chi connectivity index (χ1v) is 6.39. The van der Waals surface area contributed by atoms with Crippen LogP contribution in [-0.4, -0.2) is 30.4 Å². The Morgan fingerprint density at radius 3 is 2.67 bits per heavy atom. The highest BCUT2D eigenvalue weighted by Gasteiger charge is 2.09. The van der Waals surface area contributed by atoms with E-state index in [0.29, 0.717) is 25.2 Å². The number of carbonyl (C=O) groups is 1. The zero-order valence-electron chi connectivity index (χ0n) is 10.7. The quantitative estimate of drug-likeness (QED) is 0.863. The summed E-state index contributed by atoms with van der Waals surface area (Å²) in [6.45, 7) is 5.86. The standard InChI is InChI=1S/C13H18ClFN2O/c1-3-17(4-2)12(18)9-16-8-10-6-5-7-11(15)13(10)14/h5-7,16H,3-4,8-9H2,1-2H3. The van der Waals surface area contributed by atoms with E-state index < -0.39 is 5.82 Å². The zero-order valence-corrected chi connectivity index (χ0v) is 11.4. The van der Waals surface area contributed by atoms with Crippen LogP contribution in [0.3, 0.4) is 0 Å². The summed E-state index contributed by atoms with van der Waals surface area (Å²) >= 11 is 5.82. The Hall–Kier alpha value is -1.13. The third kappa shape index (κ3) is 3.96. The van der Waals surface area contributed by atoms with Crippen LogP contribution in [0.25, 0.3) is 0 Å². The molecule has 0 bridgehead atoms. The van der Waals surface area contributed by atoms with Crippen molar-refractivity contribution in [3.8, 4) is 0 Å². The molecule has 0 aliphatic heterocycles. The van der Waals surface area contributed by atoms with Gasteiger partial charge in [0, 0.05) is 19.6 Å². The summed E-state index contributed by atoms with van der Waals surface area (Å²) in [5, 5.41) is 3.09. The summed E-state index contributed by atoms with van der Waals surface area (Å²) in [7, 11) is 0. The highest BCUT2D eigenvalue weighted by atomic mass is 35.5. The van der Waals surface area contributed by atoms with Gasteiger partial charge in [-0.3, -0.25) is 4.79 Å². The minimum atomic E-state index is -0.439. The molecular formula is C13H18ClFN2O. The lowest BCUT2D eigenvalue weighted by Crippen LogP contribution is -2.37. The van der Waals surface area contributed by atoms with Gasteiger partial charge in [-0.05, 0) is 25.5 Å². The van der Waals surface area contributed by atoms with E-state index in [0.717, 1.165) is 0 Å². The molecule has 3 nitrogen and oxygen atoms in total. The van der Waals surface area contributed by atoms with E-state index in [9.17, 15) is 9.18 Å². The lowest BCUT2D eigenvalue weighted by Gasteiger charge is -2.18. The fourth-order valence-corrected chi connectivity index (χ4v) is 1.87. The van der Waals surface area contributed by atoms with Crippen molar-refractivity contribution in [2.24, 2.45) is 0 Å². The number of likely N-dealkylation sites (N-methyl/N-ethyl adjacent to an activating group) is 1. The molecule has 1 amide bonds. The Bertz CT molecular complexity index is 408. The molecule has 0 atom stereocenters. The lowest BCUT2D eigenvalue weighted by molar-refractivity contribution is -0.129. The molecule has 1 aromatic rings. The second-order valence-electron chi connectivity index (χ2n) is 3.88. The fourth-order valence-electron chi connectivity index (χ4n) is 1.68. The van der Waals surface area contributed by atoms with E-state index in [1.54, 1.807) is 17.0 Å². The third-order valence-electron chi connectivity index (χ3n) is 2.74. The molecule has 0 aromatic heterocycles. The van der Waals surface area contributed by atoms with Crippen LogP contribution in [0.4, 0.5) is 4.39 Å². The number of halogens is 2. The summed E-state index contributed by atoms with van der Waals surface area (Å²) in [5.74, 6) is -0.404. The maximum atomic E-state index is 13.2. The smallest absolute Gasteiger partial charge is 0.236 e. The van der Waals surface area contributed by atoms with Gasteiger partial charge in [0.2, 0.25) is 5.91 Å². The van der Waals surface area contributed by atoms with E-state index in [1.807, 2.05) is 13.8 Å². The Labute approximate surface area is 112 Å². The van der Waals surface area contributed by atoms with Crippen LogP contribution >= 0.6 is 11.6 Å². The van der Waals surface area contributed by atoms with Gasteiger partial charge in [0.1, 0.15) is 5.82 Å². The maximum absolute atomic E-state index is 13.2. The SMILES string of the molecule is CCN(CC)C(=O)CNCc1cccc(F)c1Cl. The molecule has 18 heavy (non-hydrogen) atoms. The van der Waals surface area contributed by atoms with Gasteiger partial charge in [-0.25, -0.2) is 4.39 Å². The van der Waals surface area contributed by atoms with Crippen molar-refractivity contribution in [1.29, 1.82) is 0 Å². The van der Waals surface area contributed by atoms with Gasteiger partial charge in [0.15, 0.2) is 0 Å². The number of hydrogen-bond donors (Lipinski definition) is 1. The first-order valence-electron chi connectivity index (χ1n) is 6.01. The molecule has 1 aromatic carbocycles. The summed E-state index contributed by atoms with van der Waals surface area (Å²) < 4.78 is 13.2. The first kappa shape index (κ1) is 14.9. The van der Waals surface area contributed by atoms with E-state index in [4.69, 9.17) is 11.6 Å². The van der Waals surface area contributed by atoms with Crippen LogP contribution in [0.5, 0.6) is 0 Å². The molecular weight excluding hydrogens is 255 g/mol. The number of benzene rings is 1. The highest BCUT2D eigenvalue weighted by Crippen LogP contribution is 2.19. The molecule has 0 fully saturated rings. The molecule has 100 valence electrons. The lowest BCUT2D eigenvalue weighted by atomic mass is 10.2.